The molecule has 1 nitrogen and oxygen atoms in total. The topological polar surface area (TPSA) is 12.0 Å². The van der Waals surface area contributed by atoms with Gasteiger partial charge in [-0.1, -0.05) is 35.9 Å². The average molecular weight is 257 g/mol. The molecule has 0 bridgehead atoms. The number of benzene rings is 2. The first-order valence-electron chi connectivity index (χ1n) is 6.66. The van der Waals surface area contributed by atoms with Crippen molar-refractivity contribution in [3.8, 4) is 0 Å². The smallest absolute Gasteiger partial charge is 0.123 e. The normalized spacial score (nSPS) is 10.7. The van der Waals surface area contributed by atoms with Crippen molar-refractivity contribution in [2.75, 3.05) is 6.54 Å². The van der Waals surface area contributed by atoms with Gasteiger partial charge >= 0.3 is 0 Å². The number of hydrogen-bond donors (Lipinski definition) is 1. The van der Waals surface area contributed by atoms with Gasteiger partial charge in [0.15, 0.2) is 0 Å². The lowest BCUT2D eigenvalue weighted by Gasteiger charge is -2.09. The molecule has 0 saturated heterocycles. The summed E-state index contributed by atoms with van der Waals surface area (Å²) in [4.78, 5) is 0. The van der Waals surface area contributed by atoms with Crippen molar-refractivity contribution in [1.29, 1.82) is 0 Å². The van der Waals surface area contributed by atoms with Crippen LogP contribution in [-0.2, 0) is 13.0 Å². The summed E-state index contributed by atoms with van der Waals surface area (Å²) in [5.41, 5.74) is 4.97. The van der Waals surface area contributed by atoms with Crippen LogP contribution in [-0.4, -0.2) is 6.54 Å². The van der Waals surface area contributed by atoms with Crippen LogP contribution >= 0.6 is 0 Å². The van der Waals surface area contributed by atoms with Crippen molar-refractivity contribution >= 4 is 0 Å². The highest BCUT2D eigenvalue weighted by Crippen LogP contribution is 2.10. The van der Waals surface area contributed by atoms with Gasteiger partial charge in [-0.15, -0.1) is 0 Å². The summed E-state index contributed by atoms with van der Waals surface area (Å²) in [6, 6.07) is 13.3. The summed E-state index contributed by atoms with van der Waals surface area (Å²) < 4.78 is 13.0. The molecular weight excluding hydrogens is 237 g/mol. The molecule has 0 heterocycles. The van der Waals surface area contributed by atoms with E-state index < -0.39 is 0 Å². The van der Waals surface area contributed by atoms with Gasteiger partial charge in [0.25, 0.3) is 0 Å². The first-order valence-corrected chi connectivity index (χ1v) is 6.66. The minimum atomic E-state index is -0.160. The zero-order valence-electron chi connectivity index (χ0n) is 11.5. The largest absolute Gasteiger partial charge is 0.312 e. The van der Waals surface area contributed by atoms with Crippen molar-refractivity contribution < 1.29 is 4.39 Å². The Balaban J connectivity index is 1.81. The van der Waals surface area contributed by atoms with E-state index in [0.29, 0.717) is 0 Å². The van der Waals surface area contributed by atoms with Crippen LogP contribution in [0.25, 0.3) is 0 Å². The number of halogens is 1. The Morgan fingerprint density at radius 3 is 2.63 bits per heavy atom. The average Bonchev–Trinajstić information content (AvgIpc) is 2.37. The molecule has 2 aromatic carbocycles. The molecule has 2 rings (SSSR count). The second-order valence-electron chi connectivity index (χ2n) is 4.99. The second-order valence-corrected chi connectivity index (χ2v) is 4.99. The third-order valence-corrected chi connectivity index (χ3v) is 3.29. The molecule has 0 aliphatic rings. The monoisotopic (exact) mass is 257 g/mol. The molecule has 0 radical (unpaired) electrons. The van der Waals surface area contributed by atoms with Crippen molar-refractivity contribution in [1.82, 2.24) is 5.32 Å². The Hall–Kier alpha value is -1.67. The van der Waals surface area contributed by atoms with E-state index in [0.717, 1.165) is 25.1 Å². The molecule has 100 valence electrons. The number of nitrogens with one attached hydrogen (secondary N) is 1. The summed E-state index contributed by atoms with van der Waals surface area (Å²) in [7, 11) is 0. The molecule has 0 aliphatic carbocycles. The molecule has 19 heavy (non-hydrogen) atoms. The lowest BCUT2D eigenvalue weighted by molar-refractivity contribution is 0.622. The molecule has 0 saturated carbocycles. The highest BCUT2D eigenvalue weighted by Gasteiger charge is 1.99. The second kappa shape index (κ2) is 6.48. The van der Waals surface area contributed by atoms with Gasteiger partial charge in [0.05, 0.1) is 0 Å². The minimum Gasteiger partial charge on any atom is -0.312 e. The molecule has 0 unspecified atom stereocenters. The van der Waals surface area contributed by atoms with E-state index in [2.05, 4.69) is 37.4 Å². The lowest BCUT2D eigenvalue weighted by Crippen LogP contribution is -2.17. The molecule has 0 fully saturated rings. The van der Waals surface area contributed by atoms with Crippen molar-refractivity contribution in [2.45, 2.75) is 26.8 Å². The fraction of sp³-hybridized carbons (Fsp3) is 0.294. The van der Waals surface area contributed by atoms with Crippen molar-refractivity contribution in [2.24, 2.45) is 0 Å². The summed E-state index contributed by atoms with van der Waals surface area (Å²) in [6.45, 7) is 5.96. The minimum absolute atomic E-state index is 0.160. The molecule has 0 spiro atoms. The van der Waals surface area contributed by atoms with E-state index in [1.807, 2.05) is 6.07 Å². The zero-order chi connectivity index (χ0) is 13.7. The van der Waals surface area contributed by atoms with Gasteiger partial charge < -0.3 is 5.32 Å². The number of hydrogen-bond acceptors (Lipinski definition) is 1. The Labute approximate surface area is 114 Å². The summed E-state index contributed by atoms with van der Waals surface area (Å²) in [6.07, 6.45) is 0.850. The van der Waals surface area contributed by atoms with Crippen LogP contribution in [0.4, 0.5) is 4.39 Å². The Bertz CT molecular complexity index is 549. The summed E-state index contributed by atoms with van der Waals surface area (Å²) in [5, 5.41) is 3.41. The zero-order valence-corrected chi connectivity index (χ0v) is 11.5. The highest BCUT2D eigenvalue weighted by molar-refractivity contribution is 5.30. The molecule has 0 aliphatic heterocycles. The van der Waals surface area contributed by atoms with Gasteiger partial charge in [-0.2, -0.15) is 0 Å². The first kappa shape index (κ1) is 13.8. The molecule has 2 heteroatoms. The summed E-state index contributed by atoms with van der Waals surface area (Å²) >= 11 is 0. The van der Waals surface area contributed by atoms with Crippen molar-refractivity contribution in [3.63, 3.8) is 0 Å². The molecule has 1 N–H and O–H groups in total. The molecular formula is C17H20FN. The van der Waals surface area contributed by atoms with E-state index in [9.17, 15) is 4.39 Å². The Morgan fingerprint density at radius 1 is 1.05 bits per heavy atom. The first-order chi connectivity index (χ1) is 9.15. The number of aryl methyl sites for hydroxylation is 2. The van der Waals surface area contributed by atoms with Crippen LogP contribution in [0.5, 0.6) is 0 Å². The van der Waals surface area contributed by atoms with Crippen LogP contribution in [0.1, 0.15) is 22.3 Å². The molecule has 0 atom stereocenters. The molecule has 2 aromatic rings. The van der Waals surface area contributed by atoms with Gasteiger partial charge in [-0.3, -0.25) is 0 Å². The van der Waals surface area contributed by atoms with Crippen LogP contribution in [0.2, 0.25) is 0 Å². The van der Waals surface area contributed by atoms with Crippen LogP contribution in [0.15, 0.2) is 42.5 Å². The Kier molecular flexibility index (Phi) is 4.69. The highest BCUT2D eigenvalue weighted by atomic mass is 19.1. The third-order valence-electron chi connectivity index (χ3n) is 3.29. The van der Waals surface area contributed by atoms with Crippen LogP contribution in [0, 0.1) is 19.7 Å². The quantitative estimate of drug-likeness (QED) is 0.804. The van der Waals surface area contributed by atoms with E-state index in [1.165, 1.54) is 22.8 Å². The predicted octanol–water partition coefficient (Wildman–Crippen LogP) is 3.77. The molecule has 0 amide bonds. The van der Waals surface area contributed by atoms with Gasteiger partial charge in [0.1, 0.15) is 5.82 Å². The fourth-order valence-electron chi connectivity index (χ4n) is 2.19. The van der Waals surface area contributed by atoms with Gasteiger partial charge in [-0.05, 0) is 55.6 Å². The fourth-order valence-corrected chi connectivity index (χ4v) is 2.19. The van der Waals surface area contributed by atoms with E-state index in [4.69, 9.17) is 0 Å². The standard InChI is InChI=1S/C17H20FN/c1-13-6-7-16(14(2)10-13)12-19-9-8-15-4-3-5-17(18)11-15/h3-7,10-11,19H,8-9,12H2,1-2H3. The predicted molar refractivity (Wildman–Crippen MR) is 77.7 cm³/mol. The Morgan fingerprint density at radius 2 is 1.89 bits per heavy atom. The van der Waals surface area contributed by atoms with Crippen LogP contribution in [0.3, 0.4) is 0 Å². The SMILES string of the molecule is Cc1ccc(CNCCc2cccc(F)c2)c(C)c1. The van der Waals surface area contributed by atoms with Gasteiger partial charge in [0.2, 0.25) is 0 Å². The molecule has 0 aromatic heterocycles. The third kappa shape index (κ3) is 4.18. The maximum atomic E-state index is 13.0. The van der Waals surface area contributed by atoms with E-state index in [-0.39, 0.29) is 5.82 Å². The van der Waals surface area contributed by atoms with Gasteiger partial charge in [-0.25, -0.2) is 4.39 Å². The summed E-state index contributed by atoms with van der Waals surface area (Å²) in [5.74, 6) is -0.160. The van der Waals surface area contributed by atoms with Gasteiger partial charge in [0, 0.05) is 6.54 Å². The maximum Gasteiger partial charge on any atom is 0.123 e. The lowest BCUT2D eigenvalue weighted by atomic mass is 10.1. The van der Waals surface area contributed by atoms with Crippen molar-refractivity contribution in [3.05, 3.63) is 70.5 Å². The van der Waals surface area contributed by atoms with Crippen LogP contribution < -0.4 is 5.32 Å². The maximum absolute atomic E-state index is 13.0. The van der Waals surface area contributed by atoms with E-state index >= 15 is 0 Å². The van der Waals surface area contributed by atoms with E-state index in [1.54, 1.807) is 12.1 Å². The number of rotatable bonds is 5.